The maximum Gasteiger partial charge on any atom is 0.315 e. The van der Waals surface area contributed by atoms with E-state index in [2.05, 4.69) is 15.6 Å². The van der Waals surface area contributed by atoms with Crippen molar-refractivity contribution in [1.82, 2.24) is 15.6 Å². The molecular formula is C16H22FN3O2. The van der Waals surface area contributed by atoms with Crippen molar-refractivity contribution in [2.75, 3.05) is 13.2 Å². The second kappa shape index (κ2) is 7.26. The van der Waals surface area contributed by atoms with Gasteiger partial charge in [-0.25, -0.2) is 9.18 Å². The van der Waals surface area contributed by atoms with Gasteiger partial charge in [0.2, 0.25) is 0 Å². The van der Waals surface area contributed by atoms with Gasteiger partial charge in [0.05, 0.1) is 0 Å². The lowest BCUT2D eigenvalue weighted by molar-refractivity contribution is 0.200. The Morgan fingerprint density at radius 2 is 2.18 bits per heavy atom. The summed E-state index contributed by atoms with van der Waals surface area (Å²) in [5, 5.41) is 15.6. The van der Waals surface area contributed by atoms with Gasteiger partial charge in [-0.15, -0.1) is 0 Å². The second-order valence-electron chi connectivity index (χ2n) is 5.60. The highest BCUT2D eigenvalue weighted by atomic mass is 19.1. The van der Waals surface area contributed by atoms with Crippen LogP contribution in [-0.2, 0) is 6.42 Å². The summed E-state index contributed by atoms with van der Waals surface area (Å²) in [6, 6.07) is 4.27. The highest BCUT2D eigenvalue weighted by Gasteiger charge is 2.13. The van der Waals surface area contributed by atoms with Gasteiger partial charge < -0.3 is 20.7 Å². The Morgan fingerprint density at radius 3 is 2.91 bits per heavy atom. The molecule has 2 unspecified atom stereocenters. The summed E-state index contributed by atoms with van der Waals surface area (Å²) in [5.41, 5.74) is 1.79. The first kappa shape index (κ1) is 16.3. The summed E-state index contributed by atoms with van der Waals surface area (Å²) in [5.74, 6) is -0.264. The van der Waals surface area contributed by atoms with Gasteiger partial charge in [-0.1, -0.05) is 6.92 Å². The van der Waals surface area contributed by atoms with Crippen LogP contribution in [0.15, 0.2) is 24.4 Å². The SMILES string of the molecule is CC(CO)C(C)NC(=O)NCCc1c[nH]c2cc(F)ccc12. The van der Waals surface area contributed by atoms with Crippen molar-refractivity contribution < 1.29 is 14.3 Å². The molecule has 0 spiro atoms. The third-order valence-electron chi connectivity index (χ3n) is 3.91. The predicted molar refractivity (Wildman–Crippen MR) is 84.2 cm³/mol. The van der Waals surface area contributed by atoms with Crippen LogP contribution in [0, 0.1) is 11.7 Å². The minimum atomic E-state index is -0.273. The van der Waals surface area contributed by atoms with E-state index in [0.29, 0.717) is 13.0 Å². The number of halogens is 1. The molecular weight excluding hydrogens is 285 g/mol. The van der Waals surface area contributed by atoms with E-state index < -0.39 is 0 Å². The molecule has 5 nitrogen and oxygen atoms in total. The van der Waals surface area contributed by atoms with E-state index >= 15 is 0 Å². The van der Waals surface area contributed by atoms with Crippen molar-refractivity contribution >= 4 is 16.9 Å². The van der Waals surface area contributed by atoms with Crippen LogP contribution in [0.3, 0.4) is 0 Å². The lowest BCUT2D eigenvalue weighted by atomic mass is 10.1. The van der Waals surface area contributed by atoms with Gasteiger partial charge in [0.1, 0.15) is 5.82 Å². The van der Waals surface area contributed by atoms with Crippen LogP contribution >= 0.6 is 0 Å². The number of carbonyl (C=O) groups excluding carboxylic acids is 1. The Labute approximate surface area is 128 Å². The molecule has 120 valence electrons. The largest absolute Gasteiger partial charge is 0.396 e. The number of rotatable bonds is 6. The van der Waals surface area contributed by atoms with E-state index in [1.807, 2.05) is 20.0 Å². The number of H-pyrrole nitrogens is 1. The van der Waals surface area contributed by atoms with Crippen molar-refractivity contribution in [2.24, 2.45) is 5.92 Å². The van der Waals surface area contributed by atoms with E-state index in [9.17, 15) is 9.18 Å². The zero-order chi connectivity index (χ0) is 16.1. The Bertz CT molecular complexity index is 641. The number of urea groups is 1. The quantitative estimate of drug-likeness (QED) is 0.660. The molecule has 6 heteroatoms. The normalized spacial score (nSPS) is 13.8. The fourth-order valence-electron chi connectivity index (χ4n) is 2.23. The van der Waals surface area contributed by atoms with Gasteiger partial charge in [0.25, 0.3) is 0 Å². The average molecular weight is 307 g/mol. The van der Waals surface area contributed by atoms with Gasteiger partial charge in [-0.05, 0) is 43.0 Å². The molecule has 0 saturated carbocycles. The lowest BCUT2D eigenvalue weighted by Crippen LogP contribution is -2.44. The second-order valence-corrected chi connectivity index (χ2v) is 5.60. The molecule has 0 fully saturated rings. The van der Waals surface area contributed by atoms with Crippen LogP contribution in [0.4, 0.5) is 9.18 Å². The number of hydrogen-bond donors (Lipinski definition) is 4. The van der Waals surface area contributed by atoms with Gasteiger partial charge >= 0.3 is 6.03 Å². The topological polar surface area (TPSA) is 77.2 Å². The standard InChI is InChI=1S/C16H22FN3O2/c1-10(9-21)11(2)20-16(22)18-6-5-12-8-19-15-7-13(17)3-4-14(12)15/h3-4,7-8,10-11,19,21H,5-6,9H2,1-2H3,(H2,18,20,22). The fraction of sp³-hybridized carbons (Fsp3) is 0.438. The molecule has 0 aliphatic carbocycles. The molecule has 1 heterocycles. The molecule has 1 aromatic carbocycles. The molecule has 0 bridgehead atoms. The Hall–Kier alpha value is -2.08. The van der Waals surface area contributed by atoms with E-state index in [0.717, 1.165) is 16.5 Å². The van der Waals surface area contributed by atoms with E-state index in [-0.39, 0.29) is 30.4 Å². The zero-order valence-electron chi connectivity index (χ0n) is 12.8. The lowest BCUT2D eigenvalue weighted by Gasteiger charge is -2.19. The molecule has 2 aromatic rings. The first-order valence-corrected chi connectivity index (χ1v) is 7.42. The van der Waals surface area contributed by atoms with E-state index in [1.54, 1.807) is 6.07 Å². The first-order valence-electron chi connectivity index (χ1n) is 7.42. The average Bonchev–Trinajstić information content (AvgIpc) is 2.88. The fourth-order valence-corrected chi connectivity index (χ4v) is 2.23. The van der Waals surface area contributed by atoms with E-state index in [1.165, 1.54) is 12.1 Å². The predicted octanol–water partition coefficient (Wildman–Crippen LogP) is 2.17. The molecule has 0 aliphatic heterocycles. The van der Waals surface area contributed by atoms with Crippen molar-refractivity contribution in [2.45, 2.75) is 26.3 Å². The van der Waals surface area contributed by atoms with Gasteiger partial charge in [0, 0.05) is 36.3 Å². The molecule has 2 amide bonds. The van der Waals surface area contributed by atoms with Crippen molar-refractivity contribution in [1.29, 1.82) is 0 Å². The third-order valence-corrected chi connectivity index (χ3v) is 3.91. The Kier molecular flexibility index (Phi) is 5.38. The van der Waals surface area contributed by atoms with Crippen molar-refractivity contribution in [3.05, 3.63) is 35.8 Å². The maximum absolute atomic E-state index is 13.1. The number of hydrogen-bond acceptors (Lipinski definition) is 2. The molecule has 1 aromatic heterocycles. The Balaban J connectivity index is 1.84. The number of aliphatic hydroxyl groups is 1. The third kappa shape index (κ3) is 3.98. The summed E-state index contributed by atoms with van der Waals surface area (Å²) in [6.07, 6.45) is 2.49. The monoisotopic (exact) mass is 307 g/mol. The number of aromatic nitrogens is 1. The summed E-state index contributed by atoms with van der Waals surface area (Å²) < 4.78 is 13.1. The smallest absolute Gasteiger partial charge is 0.315 e. The summed E-state index contributed by atoms with van der Waals surface area (Å²) in [7, 11) is 0. The highest BCUT2D eigenvalue weighted by Crippen LogP contribution is 2.19. The maximum atomic E-state index is 13.1. The Morgan fingerprint density at radius 1 is 1.41 bits per heavy atom. The molecule has 0 saturated heterocycles. The van der Waals surface area contributed by atoms with Crippen LogP contribution in [0.25, 0.3) is 10.9 Å². The van der Waals surface area contributed by atoms with Crippen LogP contribution in [0.2, 0.25) is 0 Å². The molecule has 4 N–H and O–H groups in total. The number of aromatic amines is 1. The number of benzene rings is 1. The van der Waals surface area contributed by atoms with Crippen LogP contribution in [0.1, 0.15) is 19.4 Å². The summed E-state index contributed by atoms with van der Waals surface area (Å²) >= 11 is 0. The van der Waals surface area contributed by atoms with Gasteiger partial charge in [0.15, 0.2) is 0 Å². The van der Waals surface area contributed by atoms with Crippen molar-refractivity contribution in [3.63, 3.8) is 0 Å². The van der Waals surface area contributed by atoms with Crippen LogP contribution in [-0.4, -0.2) is 35.3 Å². The first-order chi connectivity index (χ1) is 10.5. The minimum Gasteiger partial charge on any atom is -0.396 e. The van der Waals surface area contributed by atoms with Gasteiger partial charge in [-0.2, -0.15) is 0 Å². The number of carbonyl (C=O) groups is 1. The number of nitrogens with one attached hydrogen (secondary N) is 3. The molecule has 2 rings (SSSR count). The number of fused-ring (bicyclic) bond motifs is 1. The number of aliphatic hydroxyl groups excluding tert-OH is 1. The molecule has 22 heavy (non-hydrogen) atoms. The van der Waals surface area contributed by atoms with Crippen molar-refractivity contribution in [3.8, 4) is 0 Å². The summed E-state index contributed by atoms with van der Waals surface area (Å²) in [6.45, 7) is 4.24. The molecule has 2 atom stereocenters. The molecule has 0 aliphatic rings. The summed E-state index contributed by atoms with van der Waals surface area (Å²) in [4.78, 5) is 14.8. The molecule has 0 radical (unpaired) electrons. The van der Waals surface area contributed by atoms with E-state index in [4.69, 9.17) is 5.11 Å². The zero-order valence-corrected chi connectivity index (χ0v) is 12.8. The highest BCUT2D eigenvalue weighted by molar-refractivity contribution is 5.83. The van der Waals surface area contributed by atoms with Crippen LogP contribution in [0.5, 0.6) is 0 Å². The van der Waals surface area contributed by atoms with Gasteiger partial charge in [-0.3, -0.25) is 0 Å². The minimum absolute atomic E-state index is 0.00858. The number of amides is 2. The van der Waals surface area contributed by atoms with Crippen LogP contribution < -0.4 is 10.6 Å².